The van der Waals surface area contributed by atoms with Crippen molar-refractivity contribution in [1.82, 2.24) is 29.7 Å². The molecular weight excluding hydrogens is 396 g/mol. The van der Waals surface area contributed by atoms with Crippen molar-refractivity contribution in [3.8, 4) is 0 Å². The van der Waals surface area contributed by atoms with Crippen LogP contribution in [-0.4, -0.2) is 93.7 Å². The molecule has 0 aliphatic carbocycles. The number of carbonyl (C=O) groups excluding carboxylic acids is 1. The number of rotatable bonds is 6. The van der Waals surface area contributed by atoms with Crippen LogP contribution in [0.25, 0.3) is 11.0 Å². The van der Waals surface area contributed by atoms with Gasteiger partial charge >= 0.3 is 0 Å². The lowest BCUT2D eigenvalue weighted by Crippen LogP contribution is -2.50. The van der Waals surface area contributed by atoms with E-state index in [-0.39, 0.29) is 18.6 Å². The van der Waals surface area contributed by atoms with Gasteiger partial charge in [-0.3, -0.25) is 9.69 Å². The van der Waals surface area contributed by atoms with Gasteiger partial charge in [0.15, 0.2) is 0 Å². The molecule has 0 aromatic carbocycles. The number of carbonyl (C=O) groups is 1. The summed E-state index contributed by atoms with van der Waals surface area (Å²) >= 11 is 0. The molecule has 1 atom stereocenters. The molecule has 10 heteroatoms. The number of pyridine rings is 1. The number of piperazine rings is 1. The van der Waals surface area contributed by atoms with Crippen LogP contribution in [0.2, 0.25) is 0 Å². The first-order valence-electron chi connectivity index (χ1n) is 10.3. The third-order valence-electron chi connectivity index (χ3n) is 5.56. The molecular formula is C21H28N8O2. The minimum atomic E-state index is -0.114. The van der Waals surface area contributed by atoms with E-state index in [1.807, 2.05) is 25.3 Å². The van der Waals surface area contributed by atoms with Gasteiger partial charge in [-0.05, 0) is 25.1 Å². The Morgan fingerprint density at radius 1 is 1.23 bits per heavy atom. The summed E-state index contributed by atoms with van der Waals surface area (Å²) in [6.45, 7) is 5.88. The number of nitrogens with zero attached hydrogens (tertiary/aromatic N) is 6. The molecule has 1 amide bonds. The lowest BCUT2D eigenvalue weighted by molar-refractivity contribution is 0.0823. The van der Waals surface area contributed by atoms with Crippen molar-refractivity contribution >= 4 is 34.4 Å². The Morgan fingerprint density at radius 3 is 2.65 bits per heavy atom. The highest BCUT2D eigenvalue weighted by atomic mass is 16.3. The molecule has 4 heterocycles. The third-order valence-corrected chi connectivity index (χ3v) is 5.56. The largest absolute Gasteiger partial charge is 0.395 e. The van der Waals surface area contributed by atoms with Crippen molar-refractivity contribution in [3.05, 3.63) is 36.3 Å². The molecule has 0 bridgehead atoms. The van der Waals surface area contributed by atoms with Gasteiger partial charge in [0, 0.05) is 57.9 Å². The molecule has 0 radical (unpaired) electrons. The van der Waals surface area contributed by atoms with Crippen LogP contribution in [0.5, 0.6) is 0 Å². The van der Waals surface area contributed by atoms with E-state index in [1.54, 1.807) is 26.4 Å². The van der Waals surface area contributed by atoms with E-state index in [0.717, 1.165) is 37.3 Å². The van der Waals surface area contributed by atoms with Crippen LogP contribution >= 0.6 is 0 Å². The minimum Gasteiger partial charge on any atom is -0.395 e. The fraction of sp³-hybridized carbons (Fsp3) is 0.429. The average molecular weight is 425 g/mol. The van der Waals surface area contributed by atoms with Gasteiger partial charge in [-0.15, -0.1) is 0 Å². The Kier molecular flexibility index (Phi) is 6.01. The predicted octanol–water partition coefficient (Wildman–Crippen LogP) is 1.30. The van der Waals surface area contributed by atoms with Crippen molar-refractivity contribution < 1.29 is 9.90 Å². The second-order valence-corrected chi connectivity index (χ2v) is 7.96. The van der Waals surface area contributed by atoms with E-state index >= 15 is 0 Å². The average Bonchev–Trinajstić information content (AvgIpc) is 3.22. The summed E-state index contributed by atoms with van der Waals surface area (Å²) in [5.41, 5.74) is 2.13. The third kappa shape index (κ3) is 4.59. The van der Waals surface area contributed by atoms with Crippen LogP contribution in [-0.2, 0) is 0 Å². The molecule has 3 aromatic heterocycles. The van der Waals surface area contributed by atoms with Crippen molar-refractivity contribution in [1.29, 1.82) is 0 Å². The van der Waals surface area contributed by atoms with Gasteiger partial charge in [-0.1, -0.05) is 0 Å². The van der Waals surface area contributed by atoms with Crippen LogP contribution in [0.3, 0.4) is 0 Å². The van der Waals surface area contributed by atoms with E-state index in [1.165, 1.54) is 4.90 Å². The van der Waals surface area contributed by atoms with Gasteiger partial charge in [0.05, 0.1) is 18.5 Å². The van der Waals surface area contributed by atoms with E-state index in [2.05, 4.69) is 35.1 Å². The van der Waals surface area contributed by atoms with Crippen LogP contribution in [0.4, 0.5) is 17.5 Å². The maximum Gasteiger partial charge on any atom is 0.269 e. The summed E-state index contributed by atoms with van der Waals surface area (Å²) < 4.78 is 0. The van der Waals surface area contributed by atoms with Crippen LogP contribution in [0.15, 0.2) is 30.6 Å². The zero-order chi connectivity index (χ0) is 22.0. The van der Waals surface area contributed by atoms with Gasteiger partial charge < -0.3 is 25.2 Å². The fourth-order valence-corrected chi connectivity index (χ4v) is 3.63. The van der Waals surface area contributed by atoms with E-state index in [0.29, 0.717) is 23.1 Å². The molecule has 1 saturated heterocycles. The number of aliphatic hydroxyl groups excluding tert-OH is 1. The highest BCUT2D eigenvalue weighted by Gasteiger charge is 2.21. The first-order valence-corrected chi connectivity index (χ1v) is 10.3. The maximum atomic E-state index is 12.1. The van der Waals surface area contributed by atoms with E-state index in [9.17, 15) is 9.90 Å². The first-order chi connectivity index (χ1) is 14.9. The fourth-order valence-electron chi connectivity index (χ4n) is 3.63. The normalized spacial score (nSPS) is 15.8. The Bertz CT molecular complexity index is 1040. The lowest BCUT2D eigenvalue weighted by Gasteiger charge is -2.38. The highest BCUT2D eigenvalue weighted by Crippen LogP contribution is 2.20. The van der Waals surface area contributed by atoms with Crippen molar-refractivity contribution in [3.63, 3.8) is 0 Å². The smallest absolute Gasteiger partial charge is 0.269 e. The van der Waals surface area contributed by atoms with Crippen molar-refractivity contribution in [2.24, 2.45) is 0 Å². The Labute approximate surface area is 180 Å². The number of aliphatic hydroxyl groups is 1. The molecule has 164 valence electrons. The number of hydrogen-bond acceptors (Lipinski definition) is 8. The van der Waals surface area contributed by atoms with E-state index in [4.69, 9.17) is 0 Å². The van der Waals surface area contributed by atoms with Crippen LogP contribution in [0, 0.1) is 0 Å². The molecule has 0 saturated carbocycles. The number of H-pyrrole nitrogens is 1. The Morgan fingerprint density at radius 2 is 2.00 bits per heavy atom. The monoisotopic (exact) mass is 424 g/mol. The van der Waals surface area contributed by atoms with Gasteiger partial charge in [0.2, 0.25) is 5.95 Å². The number of amides is 1. The number of nitrogens with one attached hydrogen (secondary N) is 2. The SMILES string of the molecule is CC(CO)N1CCN(c2ccc(Nc3ncc4cc(C(=O)N(C)C)[nH]c4n3)nc2)CC1. The second-order valence-electron chi connectivity index (χ2n) is 7.96. The lowest BCUT2D eigenvalue weighted by atomic mass is 10.2. The van der Waals surface area contributed by atoms with Gasteiger partial charge in [0.25, 0.3) is 5.91 Å². The van der Waals surface area contributed by atoms with E-state index < -0.39 is 0 Å². The molecule has 31 heavy (non-hydrogen) atoms. The molecule has 1 fully saturated rings. The van der Waals surface area contributed by atoms with Crippen LogP contribution in [0.1, 0.15) is 17.4 Å². The number of aromatic amines is 1. The number of anilines is 3. The maximum absolute atomic E-state index is 12.1. The van der Waals surface area contributed by atoms with Gasteiger partial charge in [0.1, 0.15) is 17.2 Å². The summed E-state index contributed by atoms with van der Waals surface area (Å²) in [5.74, 6) is 0.938. The van der Waals surface area contributed by atoms with Crippen LogP contribution < -0.4 is 10.2 Å². The molecule has 10 nitrogen and oxygen atoms in total. The molecule has 3 aromatic rings. The van der Waals surface area contributed by atoms with Crippen molar-refractivity contribution in [2.75, 3.05) is 57.1 Å². The number of fused-ring (bicyclic) bond motifs is 1. The number of aromatic nitrogens is 4. The molecule has 1 unspecified atom stereocenters. The second kappa shape index (κ2) is 8.86. The summed E-state index contributed by atoms with van der Waals surface area (Å²) in [6.07, 6.45) is 3.52. The molecule has 4 rings (SSSR count). The zero-order valence-electron chi connectivity index (χ0n) is 18.0. The van der Waals surface area contributed by atoms with Crippen molar-refractivity contribution in [2.45, 2.75) is 13.0 Å². The highest BCUT2D eigenvalue weighted by molar-refractivity contribution is 5.97. The standard InChI is InChI=1S/C21H28N8O2/c1-14(13-30)28-6-8-29(9-7-28)16-4-5-18(22-12-16)25-21-23-11-15-10-17(20(31)27(2)3)24-19(15)26-21/h4-5,10-12,14,30H,6-9,13H2,1-3H3,(H2,22,23,24,25,26). The Hall–Kier alpha value is -3.24. The van der Waals surface area contributed by atoms with Gasteiger partial charge in [-0.2, -0.15) is 4.98 Å². The number of hydrogen-bond donors (Lipinski definition) is 3. The summed E-state index contributed by atoms with van der Waals surface area (Å²) in [7, 11) is 3.41. The topological polar surface area (TPSA) is 114 Å². The molecule has 3 N–H and O–H groups in total. The summed E-state index contributed by atoms with van der Waals surface area (Å²) in [6, 6.07) is 5.87. The zero-order valence-corrected chi connectivity index (χ0v) is 18.0. The Balaban J connectivity index is 1.41. The first kappa shape index (κ1) is 21.0. The minimum absolute atomic E-state index is 0.114. The quantitative estimate of drug-likeness (QED) is 0.543. The molecule has 1 aliphatic rings. The predicted molar refractivity (Wildman–Crippen MR) is 120 cm³/mol. The molecule has 0 spiro atoms. The summed E-state index contributed by atoms with van der Waals surface area (Å²) in [5, 5.41) is 13.2. The van der Waals surface area contributed by atoms with Gasteiger partial charge in [-0.25, -0.2) is 9.97 Å². The summed E-state index contributed by atoms with van der Waals surface area (Å²) in [4.78, 5) is 34.5. The molecule has 1 aliphatic heterocycles.